The molecule has 1 rings (SSSR count). The normalized spacial score (nSPS) is 12.1. The molecule has 16 heavy (non-hydrogen) atoms. The number of hydrogen-bond acceptors (Lipinski definition) is 5. The van der Waals surface area contributed by atoms with Crippen LogP contribution < -0.4 is 5.32 Å². The lowest BCUT2D eigenvalue weighted by Crippen LogP contribution is -2.41. The van der Waals surface area contributed by atoms with E-state index in [2.05, 4.69) is 15.0 Å². The van der Waals surface area contributed by atoms with E-state index in [1.54, 1.807) is 6.92 Å². The van der Waals surface area contributed by atoms with Crippen LogP contribution in [0.2, 0.25) is 0 Å². The zero-order chi connectivity index (χ0) is 12.1. The van der Waals surface area contributed by atoms with Crippen molar-refractivity contribution in [1.29, 1.82) is 0 Å². The summed E-state index contributed by atoms with van der Waals surface area (Å²) < 4.78 is 4.68. The van der Waals surface area contributed by atoms with Gasteiger partial charge in [0.2, 0.25) is 0 Å². The van der Waals surface area contributed by atoms with Crippen LogP contribution in [0.25, 0.3) is 0 Å². The smallest absolute Gasteiger partial charge is 0.326 e. The number of aliphatic carboxylic acids is 1. The lowest BCUT2D eigenvalue weighted by molar-refractivity contribution is -0.139. The summed E-state index contributed by atoms with van der Waals surface area (Å²) >= 11 is 0. The van der Waals surface area contributed by atoms with Crippen molar-refractivity contribution in [2.24, 2.45) is 0 Å². The zero-order valence-electron chi connectivity index (χ0n) is 8.64. The first-order valence-electron chi connectivity index (χ1n) is 4.62. The van der Waals surface area contributed by atoms with Crippen molar-refractivity contribution >= 4 is 11.9 Å². The molecule has 1 heterocycles. The van der Waals surface area contributed by atoms with E-state index >= 15 is 0 Å². The number of carboxylic acid groups (broad SMARTS) is 1. The molecule has 7 heteroatoms. The van der Waals surface area contributed by atoms with Crippen LogP contribution in [0.4, 0.5) is 0 Å². The molecule has 0 aliphatic heterocycles. The van der Waals surface area contributed by atoms with E-state index in [0.717, 1.165) is 0 Å². The number of carboxylic acids is 1. The number of aromatic nitrogens is 1. The molecule has 0 unspecified atom stereocenters. The highest BCUT2D eigenvalue weighted by Gasteiger charge is 2.21. The number of aliphatic hydroxyl groups excluding tert-OH is 1. The molecule has 0 aromatic carbocycles. The zero-order valence-corrected chi connectivity index (χ0v) is 8.64. The Labute approximate surface area is 91.0 Å². The molecule has 3 N–H and O–H groups in total. The van der Waals surface area contributed by atoms with Gasteiger partial charge in [-0.3, -0.25) is 4.79 Å². The van der Waals surface area contributed by atoms with Crippen molar-refractivity contribution < 1.29 is 24.3 Å². The molecule has 0 bridgehead atoms. The number of amides is 1. The van der Waals surface area contributed by atoms with Gasteiger partial charge in [-0.2, -0.15) is 0 Å². The summed E-state index contributed by atoms with van der Waals surface area (Å²) in [6, 6.07) is 0.266. The first-order valence-corrected chi connectivity index (χ1v) is 4.62. The lowest BCUT2D eigenvalue weighted by Gasteiger charge is -2.11. The maximum atomic E-state index is 11.5. The Morgan fingerprint density at radius 1 is 1.62 bits per heavy atom. The van der Waals surface area contributed by atoms with Crippen molar-refractivity contribution in [3.8, 4) is 0 Å². The summed E-state index contributed by atoms with van der Waals surface area (Å²) in [6.45, 7) is 1.29. The van der Waals surface area contributed by atoms with E-state index in [1.807, 2.05) is 0 Å². The Balaban J connectivity index is 2.65. The van der Waals surface area contributed by atoms with Gasteiger partial charge in [0, 0.05) is 19.1 Å². The first kappa shape index (κ1) is 12.2. The fraction of sp³-hybridized carbons (Fsp3) is 0.444. The Bertz CT molecular complexity index is 387. The summed E-state index contributed by atoms with van der Waals surface area (Å²) in [5, 5.41) is 23.0. The highest BCUT2D eigenvalue weighted by atomic mass is 16.5. The fourth-order valence-corrected chi connectivity index (χ4v) is 1.09. The molecule has 0 saturated heterocycles. The predicted octanol–water partition coefficient (Wildman–Crippen LogP) is -0.452. The van der Waals surface area contributed by atoms with Gasteiger partial charge in [-0.15, -0.1) is 0 Å². The molecule has 1 atom stereocenters. The highest BCUT2D eigenvalue weighted by molar-refractivity contribution is 5.94. The monoisotopic (exact) mass is 228 g/mol. The van der Waals surface area contributed by atoms with Crippen LogP contribution >= 0.6 is 0 Å². The minimum atomic E-state index is -1.21. The van der Waals surface area contributed by atoms with E-state index in [-0.39, 0.29) is 18.7 Å². The summed E-state index contributed by atoms with van der Waals surface area (Å²) in [5.74, 6) is -1.39. The van der Waals surface area contributed by atoms with E-state index in [1.165, 1.54) is 6.07 Å². The number of nitrogens with zero attached hydrogens (tertiary/aromatic N) is 1. The predicted molar refractivity (Wildman–Crippen MR) is 51.8 cm³/mol. The number of hydrogen-bond donors (Lipinski definition) is 3. The number of aryl methyl sites for hydroxylation is 1. The highest BCUT2D eigenvalue weighted by Crippen LogP contribution is 2.02. The summed E-state index contributed by atoms with van der Waals surface area (Å²) in [6.07, 6.45) is -0.0576. The third-order valence-corrected chi connectivity index (χ3v) is 1.88. The summed E-state index contributed by atoms with van der Waals surface area (Å²) in [5.41, 5.74) is 0.0155. The summed E-state index contributed by atoms with van der Waals surface area (Å²) in [4.78, 5) is 22.2. The quantitative estimate of drug-likeness (QED) is 0.629. The molecule has 0 aliphatic rings. The van der Waals surface area contributed by atoms with Gasteiger partial charge in [-0.05, 0) is 6.92 Å². The van der Waals surface area contributed by atoms with Gasteiger partial charge >= 0.3 is 5.97 Å². The first-order chi connectivity index (χ1) is 7.54. The van der Waals surface area contributed by atoms with Gasteiger partial charge in [0.25, 0.3) is 5.91 Å². The molecule has 1 aromatic heterocycles. The average Bonchev–Trinajstić information content (AvgIpc) is 2.64. The second-order valence-electron chi connectivity index (χ2n) is 3.20. The SMILES string of the molecule is Cc1cc(C(=O)N[C@@H](CCO)C(=O)O)no1. The van der Waals surface area contributed by atoms with Crippen LogP contribution in [-0.4, -0.2) is 39.9 Å². The molecular weight excluding hydrogens is 216 g/mol. The van der Waals surface area contributed by atoms with Gasteiger partial charge in [-0.1, -0.05) is 5.16 Å². The van der Waals surface area contributed by atoms with E-state index in [4.69, 9.17) is 10.2 Å². The summed E-state index contributed by atoms with van der Waals surface area (Å²) in [7, 11) is 0. The van der Waals surface area contributed by atoms with E-state index < -0.39 is 17.9 Å². The maximum absolute atomic E-state index is 11.5. The van der Waals surface area contributed by atoms with Crippen molar-refractivity contribution in [2.75, 3.05) is 6.61 Å². The molecule has 0 aliphatic carbocycles. The van der Waals surface area contributed by atoms with E-state index in [9.17, 15) is 9.59 Å². The topological polar surface area (TPSA) is 113 Å². The molecule has 0 fully saturated rings. The molecule has 1 amide bonds. The van der Waals surface area contributed by atoms with Crippen LogP contribution in [0.1, 0.15) is 22.7 Å². The lowest BCUT2D eigenvalue weighted by atomic mass is 10.2. The van der Waals surface area contributed by atoms with Gasteiger partial charge in [0.1, 0.15) is 11.8 Å². The standard InChI is InChI=1S/C9H12N2O5/c1-5-4-7(11-16-5)8(13)10-6(2-3-12)9(14)15/h4,6,12H,2-3H2,1H3,(H,10,13)(H,14,15)/t6-/m0/s1. The van der Waals surface area contributed by atoms with Crippen LogP contribution in [0.15, 0.2) is 10.6 Å². The van der Waals surface area contributed by atoms with Gasteiger partial charge in [-0.25, -0.2) is 4.79 Å². The van der Waals surface area contributed by atoms with Crippen LogP contribution in [0.3, 0.4) is 0 Å². The van der Waals surface area contributed by atoms with Crippen molar-refractivity contribution in [3.63, 3.8) is 0 Å². The van der Waals surface area contributed by atoms with Gasteiger partial charge in [0.05, 0.1) is 0 Å². The number of nitrogens with one attached hydrogen (secondary N) is 1. The minimum Gasteiger partial charge on any atom is -0.480 e. The van der Waals surface area contributed by atoms with Crippen molar-refractivity contribution in [2.45, 2.75) is 19.4 Å². The fourth-order valence-electron chi connectivity index (χ4n) is 1.09. The Morgan fingerprint density at radius 2 is 2.31 bits per heavy atom. The van der Waals surface area contributed by atoms with Crippen LogP contribution in [-0.2, 0) is 4.79 Å². The van der Waals surface area contributed by atoms with Gasteiger partial charge in [0.15, 0.2) is 5.69 Å². The second kappa shape index (κ2) is 5.26. The largest absolute Gasteiger partial charge is 0.480 e. The maximum Gasteiger partial charge on any atom is 0.326 e. The Hall–Kier alpha value is -1.89. The van der Waals surface area contributed by atoms with Gasteiger partial charge < -0.3 is 20.1 Å². The second-order valence-corrected chi connectivity index (χ2v) is 3.20. The Kier molecular flexibility index (Phi) is 4.01. The minimum absolute atomic E-state index is 0.0155. The number of aliphatic hydroxyl groups is 1. The average molecular weight is 228 g/mol. The molecule has 0 saturated carbocycles. The van der Waals surface area contributed by atoms with Crippen molar-refractivity contribution in [1.82, 2.24) is 10.5 Å². The molecule has 7 nitrogen and oxygen atoms in total. The third kappa shape index (κ3) is 3.06. The molecule has 88 valence electrons. The number of rotatable bonds is 5. The molecule has 1 aromatic rings. The third-order valence-electron chi connectivity index (χ3n) is 1.88. The Morgan fingerprint density at radius 3 is 2.75 bits per heavy atom. The van der Waals surface area contributed by atoms with Crippen molar-refractivity contribution in [3.05, 3.63) is 17.5 Å². The molecular formula is C9H12N2O5. The van der Waals surface area contributed by atoms with E-state index in [0.29, 0.717) is 5.76 Å². The van der Waals surface area contributed by atoms with Crippen LogP contribution in [0, 0.1) is 6.92 Å². The number of carbonyl (C=O) groups is 2. The number of carbonyl (C=O) groups excluding carboxylic acids is 1. The molecule has 0 radical (unpaired) electrons. The van der Waals surface area contributed by atoms with Crippen LogP contribution in [0.5, 0.6) is 0 Å². The molecule has 0 spiro atoms.